The topological polar surface area (TPSA) is 120 Å². The van der Waals surface area contributed by atoms with Crippen LogP contribution in [-0.2, 0) is 15.3 Å². The molecule has 0 unspecified atom stereocenters. The Bertz CT molecular complexity index is 1420. The van der Waals surface area contributed by atoms with E-state index in [-0.39, 0.29) is 64.3 Å². The van der Waals surface area contributed by atoms with Crippen LogP contribution < -0.4 is 5.32 Å². The number of carbonyl (C=O) groups excluding carboxylic acids is 1. The molecule has 0 bridgehead atoms. The number of carbonyl (C=O) groups is 1. The number of aliphatic hydroxyl groups is 1. The van der Waals surface area contributed by atoms with Crippen LogP contribution in [0.3, 0.4) is 0 Å². The Hall–Kier alpha value is -3.84. The van der Waals surface area contributed by atoms with E-state index in [0.717, 1.165) is 18.5 Å². The number of halogens is 4. The SMILES string of the molecule is O=C(Nc1cc2c(-c3nc4cc([C@]5(O)CCOC5)c(F)cc4o3)cnc(C(F)F)c2cn1)OF. The highest BCUT2D eigenvalue weighted by Gasteiger charge is 2.37. The second kappa shape index (κ2) is 8.18. The van der Waals surface area contributed by atoms with E-state index < -0.39 is 29.6 Å². The first-order chi connectivity index (χ1) is 16.3. The predicted octanol–water partition coefficient (Wildman–Crippen LogP) is 4.56. The Morgan fingerprint density at radius 1 is 1.21 bits per heavy atom. The van der Waals surface area contributed by atoms with Gasteiger partial charge in [0.05, 0.1) is 12.2 Å². The summed E-state index contributed by atoms with van der Waals surface area (Å²) in [5.74, 6) is -1.01. The van der Waals surface area contributed by atoms with Crippen LogP contribution in [0.5, 0.6) is 0 Å². The Labute approximate surface area is 187 Å². The lowest BCUT2D eigenvalue weighted by Crippen LogP contribution is -2.27. The number of alkyl halides is 2. The number of aromatic nitrogens is 3. The molecule has 13 heteroatoms. The van der Waals surface area contributed by atoms with Crippen molar-refractivity contribution in [3.8, 4) is 11.5 Å². The second-order valence-corrected chi connectivity index (χ2v) is 7.62. The van der Waals surface area contributed by atoms with E-state index in [0.29, 0.717) is 0 Å². The number of ether oxygens (including phenoxy) is 1. The summed E-state index contributed by atoms with van der Waals surface area (Å²) < 4.78 is 64.7. The standard InChI is InChI=1S/C21H14F4N4O5/c22-13-5-15-14(4-12(13)21(31)1-2-32-8-21)28-19(33-15)11-7-27-17(18(23)24)10-6-26-16(3-9(10)11)29-20(30)34-25/h3-7,18,31H,1-2,8H2,(H,26,29,30)/t21-/m0/s1. The summed E-state index contributed by atoms with van der Waals surface area (Å²) in [6, 6.07) is 3.59. The van der Waals surface area contributed by atoms with Gasteiger partial charge in [0.2, 0.25) is 5.89 Å². The van der Waals surface area contributed by atoms with Crippen molar-refractivity contribution in [1.29, 1.82) is 0 Å². The zero-order chi connectivity index (χ0) is 24.0. The quantitative estimate of drug-likeness (QED) is 0.410. The fourth-order valence-corrected chi connectivity index (χ4v) is 3.88. The van der Waals surface area contributed by atoms with Gasteiger partial charge in [-0.1, -0.05) is 0 Å². The number of fused-ring (bicyclic) bond motifs is 2. The van der Waals surface area contributed by atoms with Gasteiger partial charge in [0, 0.05) is 52.3 Å². The van der Waals surface area contributed by atoms with Gasteiger partial charge in [0.25, 0.3) is 6.43 Å². The first-order valence-electron chi connectivity index (χ1n) is 9.86. The third-order valence-electron chi connectivity index (χ3n) is 5.52. The average molecular weight is 478 g/mol. The zero-order valence-electron chi connectivity index (χ0n) is 17.0. The highest BCUT2D eigenvalue weighted by molar-refractivity contribution is 5.98. The number of nitrogens with zero attached hydrogens (tertiary/aromatic N) is 3. The maximum absolute atomic E-state index is 14.7. The number of amides is 1. The van der Waals surface area contributed by atoms with Crippen molar-refractivity contribution in [2.45, 2.75) is 18.4 Å². The molecule has 4 aromatic rings. The lowest BCUT2D eigenvalue weighted by Gasteiger charge is -2.21. The minimum absolute atomic E-state index is 0.00574. The molecule has 5 rings (SSSR count). The van der Waals surface area contributed by atoms with Gasteiger partial charge < -0.3 is 14.3 Å². The van der Waals surface area contributed by atoms with Gasteiger partial charge in [0.1, 0.15) is 28.4 Å². The molecule has 3 aromatic heterocycles. The third kappa shape index (κ3) is 3.68. The summed E-state index contributed by atoms with van der Waals surface area (Å²) in [5, 5.41) is 12.7. The van der Waals surface area contributed by atoms with E-state index in [1.54, 1.807) is 0 Å². The van der Waals surface area contributed by atoms with Crippen molar-refractivity contribution < 1.29 is 41.7 Å². The van der Waals surface area contributed by atoms with E-state index in [4.69, 9.17) is 9.15 Å². The van der Waals surface area contributed by atoms with Gasteiger partial charge in [-0.2, -0.15) is 0 Å². The molecular weight excluding hydrogens is 464 g/mol. The third-order valence-corrected chi connectivity index (χ3v) is 5.52. The molecule has 4 heterocycles. The molecule has 0 aliphatic carbocycles. The molecule has 0 spiro atoms. The minimum Gasteiger partial charge on any atom is -0.436 e. The number of oxazole rings is 1. The first kappa shape index (κ1) is 22.0. The van der Waals surface area contributed by atoms with Crippen LogP contribution in [0, 0.1) is 5.82 Å². The number of hydrogen-bond acceptors (Lipinski definition) is 8. The van der Waals surface area contributed by atoms with Crippen LogP contribution in [0.15, 0.2) is 35.0 Å². The van der Waals surface area contributed by atoms with Crippen LogP contribution in [-0.4, -0.2) is 39.4 Å². The number of nitrogens with one attached hydrogen (secondary N) is 1. The molecule has 1 amide bonds. The van der Waals surface area contributed by atoms with Crippen LogP contribution in [0.25, 0.3) is 33.3 Å². The number of benzene rings is 1. The van der Waals surface area contributed by atoms with Gasteiger partial charge in [-0.15, -0.1) is 0 Å². The van der Waals surface area contributed by atoms with Crippen LogP contribution >= 0.6 is 0 Å². The van der Waals surface area contributed by atoms with E-state index in [1.807, 2.05) is 5.32 Å². The van der Waals surface area contributed by atoms with Crippen LogP contribution in [0.4, 0.5) is 28.3 Å². The van der Waals surface area contributed by atoms with E-state index in [1.165, 1.54) is 12.1 Å². The van der Waals surface area contributed by atoms with Crippen molar-refractivity contribution in [3.05, 3.63) is 47.7 Å². The maximum Gasteiger partial charge on any atom is 0.450 e. The minimum atomic E-state index is -2.94. The lowest BCUT2D eigenvalue weighted by molar-refractivity contribution is -0.0544. The number of hydrogen-bond donors (Lipinski definition) is 2. The number of anilines is 1. The molecule has 0 saturated carbocycles. The van der Waals surface area contributed by atoms with Crippen molar-refractivity contribution >= 4 is 33.8 Å². The summed E-state index contributed by atoms with van der Waals surface area (Å²) in [4.78, 5) is 26.1. The summed E-state index contributed by atoms with van der Waals surface area (Å²) in [6.07, 6.45) is -2.09. The van der Waals surface area contributed by atoms with E-state index in [2.05, 4.69) is 19.9 Å². The molecular formula is C21H14F4N4O5. The summed E-state index contributed by atoms with van der Waals surface area (Å²) in [5.41, 5.74) is -1.74. The average Bonchev–Trinajstić information content (AvgIpc) is 3.43. The lowest BCUT2D eigenvalue weighted by atomic mass is 9.92. The zero-order valence-corrected chi connectivity index (χ0v) is 17.0. The number of rotatable bonds is 4. The van der Waals surface area contributed by atoms with Gasteiger partial charge in [-0.05, 0) is 12.1 Å². The monoisotopic (exact) mass is 478 g/mol. The van der Waals surface area contributed by atoms with Gasteiger partial charge in [0.15, 0.2) is 5.58 Å². The maximum atomic E-state index is 14.7. The van der Waals surface area contributed by atoms with Crippen molar-refractivity contribution in [2.24, 2.45) is 0 Å². The second-order valence-electron chi connectivity index (χ2n) is 7.62. The van der Waals surface area contributed by atoms with E-state index in [9.17, 15) is 27.6 Å². The molecule has 1 aliphatic rings. The Morgan fingerprint density at radius 3 is 2.74 bits per heavy atom. The predicted molar refractivity (Wildman–Crippen MR) is 108 cm³/mol. The van der Waals surface area contributed by atoms with Crippen molar-refractivity contribution in [2.75, 3.05) is 18.5 Å². The summed E-state index contributed by atoms with van der Waals surface area (Å²) in [7, 11) is 0. The molecule has 9 nitrogen and oxygen atoms in total. The molecule has 1 saturated heterocycles. The molecule has 34 heavy (non-hydrogen) atoms. The smallest absolute Gasteiger partial charge is 0.436 e. The van der Waals surface area contributed by atoms with Crippen LogP contribution in [0.2, 0.25) is 0 Å². The molecule has 2 N–H and O–H groups in total. The first-order valence-corrected chi connectivity index (χ1v) is 9.86. The Morgan fingerprint density at radius 2 is 2.03 bits per heavy atom. The Balaban J connectivity index is 1.66. The molecule has 176 valence electrons. The molecule has 1 aliphatic heterocycles. The molecule has 1 atom stereocenters. The highest BCUT2D eigenvalue weighted by Crippen LogP contribution is 2.38. The number of pyridine rings is 2. The van der Waals surface area contributed by atoms with Crippen molar-refractivity contribution in [3.63, 3.8) is 0 Å². The molecule has 1 fully saturated rings. The van der Waals surface area contributed by atoms with Gasteiger partial charge in [-0.25, -0.2) is 32.9 Å². The van der Waals surface area contributed by atoms with Gasteiger partial charge >= 0.3 is 6.09 Å². The summed E-state index contributed by atoms with van der Waals surface area (Å²) >= 11 is 0. The van der Waals surface area contributed by atoms with E-state index >= 15 is 0 Å². The Kier molecular flexibility index (Phi) is 5.29. The van der Waals surface area contributed by atoms with Crippen molar-refractivity contribution in [1.82, 2.24) is 15.0 Å². The summed E-state index contributed by atoms with van der Waals surface area (Å²) in [6.45, 7) is 0.195. The largest absolute Gasteiger partial charge is 0.450 e. The van der Waals surface area contributed by atoms with Crippen LogP contribution in [0.1, 0.15) is 24.1 Å². The highest BCUT2D eigenvalue weighted by atomic mass is 19.3. The fraction of sp³-hybridized carbons (Fsp3) is 0.238. The molecule has 1 aromatic carbocycles. The van der Waals surface area contributed by atoms with Gasteiger partial charge in [-0.3, -0.25) is 10.3 Å². The fourth-order valence-electron chi connectivity index (χ4n) is 3.88. The molecule has 0 radical (unpaired) electrons. The normalized spacial score (nSPS) is 18.2.